The number of benzene rings is 1. The lowest BCUT2D eigenvalue weighted by Crippen LogP contribution is -2.11. The van der Waals surface area contributed by atoms with Crippen LogP contribution in [0.4, 0.5) is 0 Å². The van der Waals surface area contributed by atoms with Crippen LogP contribution in [0.25, 0.3) is 0 Å². The van der Waals surface area contributed by atoms with Crippen molar-refractivity contribution in [3.63, 3.8) is 0 Å². The second-order valence-electron chi connectivity index (χ2n) is 4.30. The Hall–Kier alpha value is -1.38. The van der Waals surface area contributed by atoms with E-state index >= 15 is 0 Å². The fraction of sp³-hybridized carbons (Fsp3) is 0.385. The first-order valence-electron chi connectivity index (χ1n) is 6.63. The number of ether oxygens (including phenoxy) is 1. The normalized spacial score (nSPS) is 11.6. The first-order chi connectivity index (χ1) is 11.1. The minimum atomic E-state index is -3.25. The van der Waals surface area contributed by atoms with Crippen molar-refractivity contribution < 1.29 is 22.8 Å². The van der Waals surface area contributed by atoms with E-state index in [0.29, 0.717) is 17.5 Å². The molecule has 23 heavy (non-hydrogen) atoms. The first-order valence-corrected chi connectivity index (χ1v) is 9.16. The summed E-state index contributed by atoms with van der Waals surface area (Å²) < 4.78 is 31.9. The Kier molecular flexibility index (Phi) is 6.61. The van der Waals surface area contributed by atoms with E-state index in [-0.39, 0.29) is 5.88 Å². The topological polar surface area (TPSA) is 95.7 Å². The summed E-state index contributed by atoms with van der Waals surface area (Å²) in [5.41, 5.74) is 1.03. The molecule has 2 aromatic rings. The molecule has 0 amide bonds. The molecule has 0 aliphatic carbocycles. The molecule has 126 valence electrons. The van der Waals surface area contributed by atoms with Gasteiger partial charge in [-0.2, -0.15) is 0 Å². The number of nitrogens with one attached hydrogen (secondary N) is 1. The lowest BCUT2D eigenvalue weighted by molar-refractivity contribution is 0.267. The highest BCUT2D eigenvalue weighted by Crippen LogP contribution is 2.41. The molecule has 1 aromatic heterocycles. The summed E-state index contributed by atoms with van der Waals surface area (Å²) in [7, 11) is 0.989. The quantitative estimate of drug-likeness (QED) is 0.412. The van der Waals surface area contributed by atoms with Gasteiger partial charge in [0.05, 0.1) is 19.4 Å². The molecule has 0 saturated heterocycles. The van der Waals surface area contributed by atoms with Gasteiger partial charge in [0.2, 0.25) is 5.89 Å². The summed E-state index contributed by atoms with van der Waals surface area (Å²) in [5, 5.41) is 10.9. The monoisotopic (exact) mass is 359 g/mol. The minimum Gasteiger partial charge on any atom is -0.497 e. The largest absolute Gasteiger partial charge is 0.497 e. The third kappa shape index (κ3) is 5.33. The van der Waals surface area contributed by atoms with Crippen LogP contribution in [-0.4, -0.2) is 37.4 Å². The highest BCUT2D eigenvalue weighted by Gasteiger charge is 2.20. The predicted molar refractivity (Wildman–Crippen MR) is 85.6 cm³/mol. The molecule has 0 atom stereocenters. The van der Waals surface area contributed by atoms with Gasteiger partial charge >= 0.3 is 7.75 Å². The van der Waals surface area contributed by atoms with Crippen molar-refractivity contribution in [1.29, 1.82) is 0 Å². The van der Waals surface area contributed by atoms with Crippen LogP contribution in [0.2, 0.25) is 0 Å². The standard InChI is InChI=1S/C13H18N3O5PS/c1-18-11-6-4-10(5-7-11)8-12-15-16-13(21-12)23-9-14-22(17,19-2)20-3/h4-7H,8-9H2,1-3H3,(H,14,17). The second-order valence-corrected chi connectivity index (χ2v) is 7.26. The van der Waals surface area contributed by atoms with Crippen molar-refractivity contribution in [2.75, 3.05) is 27.2 Å². The van der Waals surface area contributed by atoms with Crippen molar-refractivity contribution in [2.45, 2.75) is 11.6 Å². The molecule has 1 heterocycles. The maximum absolute atomic E-state index is 11.8. The van der Waals surface area contributed by atoms with Gasteiger partial charge in [0.1, 0.15) is 5.75 Å². The molecule has 0 saturated carbocycles. The molecule has 0 spiro atoms. The van der Waals surface area contributed by atoms with Crippen molar-refractivity contribution in [1.82, 2.24) is 15.3 Å². The number of aromatic nitrogens is 2. The summed E-state index contributed by atoms with van der Waals surface area (Å²) in [6, 6.07) is 7.62. The Balaban J connectivity index is 1.86. The van der Waals surface area contributed by atoms with Gasteiger partial charge in [-0.1, -0.05) is 12.1 Å². The Bertz CT molecular complexity index is 656. The smallest absolute Gasteiger partial charge is 0.405 e. The molecule has 0 radical (unpaired) electrons. The van der Waals surface area contributed by atoms with Crippen LogP contribution in [0.5, 0.6) is 5.75 Å². The van der Waals surface area contributed by atoms with Gasteiger partial charge in [-0.05, 0) is 29.5 Å². The molecule has 0 fully saturated rings. The maximum atomic E-state index is 11.8. The zero-order valence-electron chi connectivity index (χ0n) is 13.0. The lowest BCUT2D eigenvalue weighted by Gasteiger charge is -2.13. The van der Waals surface area contributed by atoms with Crippen LogP contribution in [0, 0.1) is 0 Å². The molecular weight excluding hydrogens is 341 g/mol. The molecule has 2 rings (SSSR count). The third-order valence-electron chi connectivity index (χ3n) is 2.90. The van der Waals surface area contributed by atoms with Crippen molar-refractivity contribution >= 4 is 19.5 Å². The molecule has 0 aliphatic heterocycles. The number of hydrogen-bond donors (Lipinski definition) is 1. The van der Waals surface area contributed by atoms with Gasteiger partial charge in [0, 0.05) is 14.2 Å². The predicted octanol–water partition coefficient (Wildman–Crippen LogP) is 2.71. The molecule has 8 nitrogen and oxygen atoms in total. The Morgan fingerprint density at radius 2 is 1.87 bits per heavy atom. The molecule has 10 heteroatoms. The van der Waals surface area contributed by atoms with E-state index in [4.69, 9.17) is 18.2 Å². The number of hydrogen-bond acceptors (Lipinski definition) is 8. The van der Waals surface area contributed by atoms with Crippen molar-refractivity contribution in [2.24, 2.45) is 0 Å². The SMILES string of the molecule is COc1ccc(Cc2nnc(SCNP(=O)(OC)OC)o2)cc1. The fourth-order valence-electron chi connectivity index (χ4n) is 1.66. The average molecular weight is 359 g/mol. The second kappa shape index (κ2) is 8.47. The summed E-state index contributed by atoms with van der Waals surface area (Å²) in [6.45, 7) is 0. The number of rotatable bonds is 9. The van der Waals surface area contributed by atoms with E-state index in [1.54, 1.807) is 7.11 Å². The highest BCUT2D eigenvalue weighted by molar-refractivity contribution is 7.99. The van der Waals surface area contributed by atoms with Gasteiger partial charge < -0.3 is 18.2 Å². The maximum Gasteiger partial charge on any atom is 0.405 e. The molecule has 0 bridgehead atoms. The van der Waals surface area contributed by atoms with Gasteiger partial charge in [0.15, 0.2) is 0 Å². The van der Waals surface area contributed by atoms with E-state index in [1.165, 1.54) is 26.0 Å². The molecule has 0 aliphatic rings. The van der Waals surface area contributed by atoms with Gasteiger partial charge in [0.25, 0.3) is 5.22 Å². The van der Waals surface area contributed by atoms with Gasteiger partial charge in [-0.3, -0.25) is 0 Å². The van der Waals surface area contributed by atoms with Crippen LogP contribution >= 0.6 is 19.5 Å². The highest BCUT2D eigenvalue weighted by atomic mass is 32.2. The van der Waals surface area contributed by atoms with Gasteiger partial charge in [-0.25, -0.2) is 9.65 Å². The fourth-order valence-corrected chi connectivity index (χ4v) is 3.34. The van der Waals surface area contributed by atoms with E-state index in [0.717, 1.165) is 11.3 Å². The summed E-state index contributed by atoms with van der Waals surface area (Å²) >= 11 is 1.21. The lowest BCUT2D eigenvalue weighted by atomic mass is 10.1. The molecule has 0 unspecified atom stereocenters. The third-order valence-corrected chi connectivity index (χ3v) is 5.32. The Morgan fingerprint density at radius 1 is 1.17 bits per heavy atom. The average Bonchev–Trinajstić information content (AvgIpc) is 3.02. The Labute approximate surface area is 138 Å². The van der Waals surface area contributed by atoms with E-state index < -0.39 is 7.75 Å². The van der Waals surface area contributed by atoms with Gasteiger partial charge in [-0.15, -0.1) is 10.2 Å². The van der Waals surface area contributed by atoms with Crippen LogP contribution < -0.4 is 9.82 Å². The zero-order valence-corrected chi connectivity index (χ0v) is 14.7. The summed E-state index contributed by atoms with van der Waals surface area (Å²) in [5.74, 6) is 1.55. The van der Waals surface area contributed by atoms with E-state index in [1.807, 2.05) is 24.3 Å². The first kappa shape index (κ1) is 18.0. The number of nitrogens with zero attached hydrogens (tertiary/aromatic N) is 2. The summed E-state index contributed by atoms with van der Waals surface area (Å²) in [6.07, 6.45) is 0.527. The Morgan fingerprint density at radius 3 is 2.48 bits per heavy atom. The van der Waals surface area contributed by atoms with Crippen LogP contribution in [0.15, 0.2) is 33.9 Å². The molecule has 1 N–H and O–H groups in total. The van der Waals surface area contributed by atoms with Crippen LogP contribution in [0.1, 0.15) is 11.5 Å². The van der Waals surface area contributed by atoms with E-state index in [2.05, 4.69) is 15.3 Å². The summed E-state index contributed by atoms with van der Waals surface area (Å²) in [4.78, 5) is 0. The molecular formula is C13H18N3O5PS. The van der Waals surface area contributed by atoms with E-state index in [9.17, 15) is 4.57 Å². The van der Waals surface area contributed by atoms with Crippen molar-refractivity contribution in [3.8, 4) is 5.75 Å². The minimum absolute atomic E-state index is 0.253. The zero-order chi connectivity index (χ0) is 16.7. The number of methoxy groups -OCH3 is 1. The van der Waals surface area contributed by atoms with Crippen LogP contribution in [0.3, 0.4) is 0 Å². The van der Waals surface area contributed by atoms with Crippen LogP contribution in [-0.2, 0) is 20.0 Å². The van der Waals surface area contributed by atoms with Crippen molar-refractivity contribution in [3.05, 3.63) is 35.7 Å². The molecule has 1 aromatic carbocycles. The number of thioether (sulfide) groups is 1.